The molecule has 0 bridgehead atoms. The third-order valence-electron chi connectivity index (χ3n) is 4.50. The van der Waals surface area contributed by atoms with Crippen molar-refractivity contribution in [3.8, 4) is 0 Å². The van der Waals surface area contributed by atoms with Gasteiger partial charge in [-0.25, -0.2) is 4.39 Å². The topological polar surface area (TPSA) is 15.3 Å². The molecule has 0 aromatic heterocycles. The first-order valence-corrected chi connectivity index (χ1v) is 8.44. The number of nitrogens with zero attached hydrogens (tertiary/aromatic N) is 1. The summed E-state index contributed by atoms with van der Waals surface area (Å²) < 4.78 is 13.4. The van der Waals surface area contributed by atoms with Crippen molar-refractivity contribution in [1.82, 2.24) is 10.2 Å². The molecule has 21 heavy (non-hydrogen) atoms. The molecule has 1 saturated heterocycles. The highest BCUT2D eigenvalue weighted by Gasteiger charge is 2.22. The van der Waals surface area contributed by atoms with Gasteiger partial charge in [0, 0.05) is 12.6 Å². The standard InChI is InChI=1S/C18H29FN2/c1-3-6-15-9-11-21(14-15)12-10-18(20-4-2)16-7-5-8-17(19)13-16/h5,7-8,13,15,18,20H,3-4,6,9-12,14H2,1-2H3. The van der Waals surface area contributed by atoms with Gasteiger partial charge in [-0.3, -0.25) is 0 Å². The Labute approximate surface area is 128 Å². The second kappa shape index (κ2) is 8.50. The lowest BCUT2D eigenvalue weighted by atomic mass is 10.0. The quantitative estimate of drug-likeness (QED) is 0.779. The Kier molecular flexibility index (Phi) is 6.65. The minimum Gasteiger partial charge on any atom is -0.310 e. The highest BCUT2D eigenvalue weighted by Crippen LogP contribution is 2.23. The lowest BCUT2D eigenvalue weighted by Crippen LogP contribution is -2.28. The average Bonchev–Trinajstić information content (AvgIpc) is 2.91. The Bertz CT molecular complexity index is 421. The van der Waals surface area contributed by atoms with Crippen molar-refractivity contribution in [2.75, 3.05) is 26.2 Å². The largest absolute Gasteiger partial charge is 0.310 e. The van der Waals surface area contributed by atoms with Gasteiger partial charge in [-0.1, -0.05) is 32.4 Å². The van der Waals surface area contributed by atoms with Gasteiger partial charge in [0.05, 0.1) is 0 Å². The van der Waals surface area contributed by atoms with Crippen LogP contribution >= 0.6 is 0 Å². The molecule has 0 radical (unpaired) electrons. The van der Waals surface area contributed by atoms with Crippen LogP contribution in [0.1, 0.15) is 51.1 Å². The molecular weight excluding hydrogens is 263 g/mol. The van der Waals surface area contributed by atoms with Gasteiger partial charge in [0.15, 0.2) is 0 Å². The Balaban J connectivity index is 1.86. The van der Waals surface area contributed by atoms with E-state index >= 15 is 0 Å². The van der Waals surface area contributed by atoms with Crippen LogP contribution in [0.3, 0.4) is 0 Å². The van der Waals surface area contributed by atoms with E-state index in [-0.39, 0.29) is 11.9 Å². The minimum absolute atomic E-state index is 0.139. The van der Waals surface area contributed by atoms with Crippen LogP contribution in [0.25, 0.3) is 0 Å². The average molecular weight is 292 g/mol. The molecular formula is C18H29FN2. The van der Waals surface area contributed by atoms with Gasteiger partial charge >= 0.3 is 0 Å². The Morgan fingerprint density at radius 1 is 1.38 bits per heavy atom. The maximum Gasteiger partial charge on any atom is 0.123 e. The summed E-state index contributed by atoms with van der Waals surface area (Å²) in [5.41, 5.74) is 1.07. The highest BCUT2D eigenvalue weighted by atomic mass is 19.1. The molecule has 2 atom stereocenters. The molecule has 1 fully saturated rings. The zero-order valence-corrected chi connectivity index (χ0v) is 13.4. The molecule has 2 nitrogen and oxygen atoms in total. The molecule has 1 aromatic carbocycles. The summed E-state index contributed by atoms with van der Waals surface area (Å²) in [6, 6.07) is 7.28. The fraction of sp³-hybridized carbons (Fsp3) is 0.667. The van der Waals surface area contributed by atoms with E-state index < -0.39 is 0 Å². The second-order valence-corrected chi connectivity index (χ2v) is 6.20. The number of benzene rings is 1. The van der Waals surface area contributed by atoms with Crippen molar-refractivity contribution in [2.24, 2.45) is 5.92 Å². The molecule has 0 aliphatic carbocycles. The summed E-state index contributed by atoms with van der Waals surface area (Å²) in [7, 11) is 0. The predicted octanol–water partition coefficient (Wildman–Crippen LogP) is 3.99. The first kappa shape index (κ1) is 16.4. The molecule has 1 aromatic rings. The Hall–Kier alpha value is -0.930. The fourth-order valence-electron chi connectivity index (χ4n) is 3.43. The summed E-state index contributed by atoms with van der Waals surface area (Å²) in [5.74, 6) is 0.751. The van der Waals surface area contributed by atoms with Crippen LogP contribution in [0.4, 0.5) is 4.39 Å². The molecule has 118 valence electrons. The van der Waals surface area contributed by atoms with Crippen molar-refractivity contribution in [2.45, 2.75) is 45.6 Å². The van der Waals surface area contributed by atoms with Crippen LogP contribution in [-0.2, 0) is 0 Å². The number of nitrogens with one attached hydrogen (secondary N) is 1. The third-order valence-corrected chi connectivity index (χ3v) is 4.50. The monoisotopic (exact) mass is 292 g/mol. The summed E-state index contributed by atoms with van der Waals surface area (Å²) >= 11 is 0. The normalized spacial score (nSPS) is 20.8. The maximum absolute atomic E-state index is 13.4. The van der Waals surface area contributed by atoms with Gasteiger partial charge in [-0.05, 0) is 62.5 Å². The van der Waals surface area contributed by atoms with E-state index in [1.165, 1.54) is 38.4 Å². The van der Waals surface area contributed by atoms with E-state index in [9.17, 15) is 4.39 Å². The molecule has 0 amide bonds. The first-order valence-electron chi connectivity index (χ1n) is 8.44. The van der Waals surface area contributed by atoms with Gasteiger partial charge in [0.1, 0.15) is 5.82 Å². The van der Waals surface area contributed by atoms with Crippen molar-refractivity contribution >= 4 is 0 Å². The second-order valence-electron chi connectivity index (χ2n) is 6.20. The van der Waals surface area contributed by atoms with Gasteiger partial charge in [-0.15, -0.1) is 0 Å². The molecule has 1 aliphatic rings. The lowest BCUT2D eigenvalue weighted by Gasteiger charge is -2.22. The molecule has 1 heterocycles. The Morgan fingerprint density at radius 2 is 2.24 bits per heavy atom. The van der Waals surface area contributed by atoms with Crippen molar-refractivity contribution in [1.29, 1.82) is 0 Å². The number of likely N-dealkylation sites (tertiary alicyclic amines) is 1. The Morgan fingerprint density at radius 3 is 2.95 bits per heavy atom. The zero-order valence-electron chi connectivity index (χ0n) is 13.4. The van der Waals surface area contributed by atoms with Crippen molar-refractivity contribution in [3.63, 3.8) is 0 Å². The molecule has 2 rings (SSSR count). The predicted molar refractivity (Wildman–Crippen MR) is 86.9 cm³/mol. The molecule has 3 heteroatoms. The van der Waals surface area contributed by atoms with Gasteiger partial charge in [0.25, 0.3) is 0 Å². The summed E-state index contributed by atoms with van der Waals surface area (Å²) in [6.45, 7) is 8.88. The van der Waals surface area contributed by atoms with Crippen molar-refractivity contribution in [3.05, 3.63) is 35.6 Å². The zero-order chi connectivity index (χ0) is 15.1. The molecule has 0 spiro atoms. The number of rotatable bonds is 8. The van der Waals surface area contributed by atoms with E-state index in [1.54, 1.807) is 6.07 Å². The first-order chi connectivity index (χ1) is 10.2. The summed E-state index contributed by atoms with van der Waals surface area (Å²) in [4.78, 5) is 2.57. The number of halogens is 1. The fourth-order valence-corrected chi connectivity index (χ4v) is 3.43. The van der Waals surface area contributed by atoms with E-state index in [0.29, 0.717) is 0 Å². The van der Waals surface area contributed by atoms with Crippen LogP contribution < -0.4 is 5.32 Å². The van der Waals surface area contributed by atoms with Crippen LogP contribution in [0, 0.1) is 11.7 Å². The van der Waals surface area contributed by atoms with Gasteiger partial charge in [0.2, 0.25) is 0 Å². The summed E-state index contributed by atoms with van der Waals surface area (Å²) in [6.07, 6.45) is 5.05. The van der Waals surface area contributed by atoms with Crippen LogP contribution in [-0.4, -0.2) is 31.1 Å². The van der Waals surface area contributed by atoms with E-state index in [1.807, 2.05) is 12.1 Å². The van der Waals surface area contributed by atoms with E-state index in [4.69, 9.17) is 0 Å². The van der Waals surface area contributed by atoms with Crippen molar-refractivity contribution < 1.29 is 4.39 Å². The molecule has 1 aliphatic heterocycles. The maximum atomic E-state index is 13.4. The van der Waals surface area contributed by atoms with Gasteiger partial charge in [-0.2, -0.15) is 0 Å². The minimum atomic E-state index is -0.139. The third kappa shape index (κ3) is 5.08. The number of hydrogen-bond acceptors (Lipinski definition) is 2. The smallest absolute Gasteiger partial charge is 0.123 e. The SMILES string of the molecule is CCCC1CCN(CCC(NCC)c2cccc(F)c2)C1. The summed E-state index contributed by atoms with van der Waals surface area (Å²) in [5, 5.41) is 3.49. The molecule has 0 saturated carbocycles. The highest BCUT2D eigenvalue weighted by molar-refractivity contribution is 5.20. The van der Waals surface area contributed by atoms with Crippen LogP contribution in [0.5, 0.6) is 0 Å². The van der Waals surface area contributed by atoms with Gasteiger partial charge < -0.3 is 10.2 Å². The van der Waals surface area contributed by atoms with E-state index in [2.05, 4.69) is 24.1 Å². The lowest BCUT2D eigenvalue weighted by molar-refractivity contribution is 0.297. The molecule has 2 unspecified atom stereocenters. The number of hydrogen-bond donors (Lipinski definition) is 1. The van der Waals surface area contributed by atoms with Crippen LogP contribution in [0.2, 0.25) is 0 Å². The molecule has 1 N–H and O–H groups in total. The van der Waals surface area contributed by atoms with Crippen LogP contribution in [0.15, 0.2) is 24.3 Å². The van der Waals surface area contributed by atoms with E-state index in [0.717, 1.165) is 31.0 Å².